The van der Waals surface area contributed by atoms with Gasteiger partial charge in [-0.15, -0.1) is 43.7 Å². The van der Waals surface area contributed by atoms with Gasteiger partial charge in [-0.05, 0) is 60.4 Å². The third kappa shape index (κ3) is 7.41. The molecule has 0 aromatic rings. The molecule has 6 heteroatoms. The fraction of sp³-hybridized carbons (Fsp3) is 0.714. The monoisotopic (exact) mass is 757 g/mol. The Kier molecular flexibility index (Phi) is 8.54. The smallest absolute Gasteiger partial charge is 0.171 e. The molecule has 0 bridgehead atoms. The van der Waals surface area contributed by atoms with Crippen LogP contribution in [0.25, 0.3) is 10.6 Å². The Bertz CT molecular complexity index is 1260. The topological polar surface area (TPSA) is 49.8 Å². The zero-order valence-electron chi connectivity index (χ0n) is 29.9. The molecular weight excluding hydrogens is 703 g/mol. The SMILES string of the molecule is [2H]C([2H])([2H])C1=NC2OC3=C([C@@H]4[N-]CC=C5S[C@H](C([2H])([2H])C(C)(C)C)CC54)[CH-]CCC3C2CC1.[C-]1=C(C2=CCCC[N-]2)CCCC1.[Ir]. The number of fused-ring (bicyclic) bond motifs is 4. The predicted octanol–water partition coefficient (Wildman–Crippen LogP) is 9.62. The van der Waals surface area contributed by atoms with Crippen molar-refractivity contribution in [1.82, 2.24) is 0 Å². The fourth-order valence-electron chi connectivity index (χ4n) is 7.28. The van der Waals surface area contributed by atoms with Gasteiger partial charge in [-0.2, -0.15) is 11.6 Å². The van der Waals surface area contributed by atoms with Gasteiger partial charge in [0.2, 0.25) is 0 Å². The van der Waals surface area contributed by atoms with Gasteiger partial charge in [-0.1, -0.05) is 65.4 Å². The summed E-state index contributed by atoms with van der Waals surface area (Å²) >= 11 is 1.71. The third-order valence-electron chi connectivity index (χ3n) is 9.07. The molecule has 6 atom stereocenters. The molecule has 1 radical (unpaired) electrons. The second kappa shape index (κ2) is 13.8. The number of ether oxygens (including phenoxy) is 1. The van der Waals surface area contributed by atoms with Crippen molar-refractivity contribution in [3.8, 4) is 0 Å². The largest absolute Gasteiger partial charge is 0.770 e. The van der Waals surface area contributed by atoms with Gasteiger partial charge >= 0.3 is 0 Å². The first-order chi connectivity index (χ1) is 21.3. The van der Waals surface area contributed by atoms with Gasteiger partial charge < -0.3 is 21.1 Å². The Morgan fingerprint density at radius 2 is 2.10 bits per heavy atom. The number of allylic oxidation sites excluding steroid dienone is 4. The summed E-state index contributed by atoms with van der Waals surface area (Å²) in [6.07, 6.45) is 20.0. The normalized spacial score (nSPS) is 36.8. The average Bonchev–Trinajstić information content (AvgIpc) is 3.63. The van der Waals surface area contributed by atoms with Crippen molar-refractivity contribution in [1.29, 1.82) is 0 Å². The molecule has 2 saturated heterocycles. The zero-order valence-corrected chi connectivity index (χ0v) is 28.1. The van der Waals surface area contributed by atoms with Crippen molar-refractivity contribution in [3.63, 3.8) is 0 Å². The Morgan fingerprint density at radius 3 is 2.85 bits per heavy atom. The minimum absolute atomic E-state index is 0. The van der Waals surface area contributed by atoms with Crippen molar-refractivity contribution >= 4 is 17.5 Å². The Balaban J connectivity index is 0.000000269. The summed E-state index contributed by atoms with van der Waals surface area (Å²) in [6.45, 7) is 5.48. The standard InChI is InChI=1S/C24H34N2OS.C11H15N.Ir/c1-14-8-9-17-16-6-5-7-18(22(16)27-23(17)26-14)21-19-12-15(13-24(2,3)4)28-20(19)10-11-25-21;1-2-6-10(7-3-1)11-8-4-5-9-12-11;/h7,10,15-17,19,21,23H,5-6,8-9,11-13H2,1-4H3;8H,1-6,9H2;/q2*-2;/t15-,16?,17?,19?,21-,23?;;/m0../s1/i1D3,13D2;;. The number of nitrogens with zero attached hydrogens (tertiary/aromatic N) is 3. The molecule has 0 aromatic heterocycles. The van der Waals surface area contributed by atoms with Gasteiger partial charge in [0.05, 0.1) is 0 Å². The van der Waals surface area contributed by atoms with E-state index in [-0.39, 0.29) is 49.2 Å². The predicted molar refractivity (Wildman–Crippen MR) is 169 cm³/mol. The van der Waals surface area contributed by atoms with Gasteiger partial charge in [0.15, 0.2) is 6.23 Å². The van der Waals surface area contributed by atoms with E-state index < -0.39 is 24.9 Å². The molecular formula is C35H49IrN3OS-4. The number of thioether (sulfide) groups is 1. The van der Waals surface area contributed by atoms with Crippen LogP contribution in [0.5, 0.6) is 0 Å². The van der Waals surface area contributed by atoms with Crippen LogP contribution in [-0.4, -0.2) is 36.3 Å². The Hall–Kier alpha value is -0.941. The van der Waals surface area contributed by atoms with Crippen molar-refractivity contribution in [2.24, 2.45) is 28.2 Å². The van der Waals surface area contributed by atoms with E-state index in [1.54, 1.807) is 11.8 Å². The Morgan fingerprint density at radius 1 is 1.20 bits per heavy atom. The van der Waals surface area contributed by atoms with E-state index in [2.05, 4.69) is 35.0 Å². The number of aliphatic imine (C=N–C) groups is 1. The van der Waals surface area contributed by atoms with E-state index in [4.69, 9.17) is 16.9 Å². The summed E-state index contributed by atoms with van der Waals surface area (Å²) in [5, 5.41) is 9.42. The Labute approximate surface area is 274 Å². The minimum Gasteiger partial charge on any atom is -0.770 e. The van der Waals surface area contributed by atoms with Crippen molar-refractivity contribution in [2.75, 3.05) is 13.1 Å². The van der Waals surface area contributed by atoms with E-state index >= 15 is 0 Å². The molecule has 7 rings (SSSR count). The third-order valence-corrected chi connectivity index (χ3v) is 10.4. The van der Waals surface area contributed by atoms with Crippen LogP contribution in [0.15, 0.2) is 44.7 Å². The molecule has 7 aliphatic rings. The van der Waals surface area contributed by atoms with Crippen LogP contribution in [0.1, 0.15) is 111 Å². The summed E-state index contributed by atoms with van der Waals surface area (Å²) in [5.41, 5.74) is 3.65. The van der Waals surface area contributed by atoms with Crippen molar-refractivity contribution in [3.05, 3.63) is 62.8 Å². The van der Waals surface area contributed by atoms with Crippen LogP contribution >= 0.6 is 11.8 Å². The van der Waals surface area contributed by atoms with Gasteiger partial charge in [0.1, 0.15) is 0 Å². The summed E-state index contributed by atoms with van der Waals surface area (Å²) in [5.74, 6) is 1.70. The van der Waals surface area contributed by atoms with Crippen LogP contribution in [-0.2, 0) is 24.8 Å². The molecule has 0 aromatic carbocycles. The summed E-state index contributed by atoms with van der Waals surface area (Å²) in [6, 6.07) is -0.0118. The molecule has 5 heterocycles. The van der Waals surface area contributed by atoms with Crippen LogP contribution in [0.3, 0.4) is 0 Å². The summed E-state index contributed by atoms with van der Waals surface area (Å²) in [7, 11) is 0. The van der Waals surface area contributed by atoms with Gasteiger partial charge in [0.25, 0.3) is 0 Å². The van der Waals surface area contributed by atoms with E-state index in [9.17, 15) is 0 Å². The molecule has 0 N–H and O–H groups in total. The first kappa shape index (κ1) is 25.4. The van der Waals surface area contributed by atoms with Gasteiger partial charge in [0, 0.05) is 43.8 Å². The zero-order chi connectivity index (χ0) is 32.0. The minimum atomic E-state index is -2.15. The van der Waals surface area contributed by atoms with E-state index in [0.717, 1.165) is 50.0 Å². The average molecular weight is 757 g/mol. The van der Waals surface area contributed by atoms with Crippen molar-refractivity contribution in [2.45, 2.75) is 122 Å². The van der Waals surface area contributed by atoms with Crippen LogP contribution in [0, 0.1) is 35.7 Å². The van der Waals surface area contributed by atoms with E-state index in [0.29, 0.717) is 18.7 Å². The maximum Gasteiger partial charge on any atom is 0.171 e. The van der Waals surface area contributed by atoms with Crippen LogP contribution < -0.4 is 0 Å². The fourth-order valence-corrected chi connectivity index (χ4v) is 8.90. The second-order valence-corrected chi connectivity index (χ2v) is 14.5. The summed E-state index contributed by atoms with van der Waals surface area (Å²) in [4.78, 5) is 5.82. The number of hydrogen-bond donors (Lipinski definition) is 0. The molecule has 2 aliphatic carbocycles. The van der Waals surface area contributed by atoms with Crippen LogP contribution in [0.4, 0.5) is 0 Å². The molecule has 4 unspecified atom stereocenters. The van der Waals surface area contributed by atoms with Crippen LogP contribution in [0.2, 0.25) is 0 Å². The molecule has 2 fully saturated rings. The number of hydrogen-bond acceptors (Lipinski definition) is 3. The molecule has 41 heavy (non-hydrogen) atoms. The first-order valence-corrected chi connectivity index (χ1v) is 16.5. The quantitative estimate of drug-likeness (QED) is 0.270. The molecule has 4 nitrogen and oxygen atoms in total. The van der Waals surface area contributed by atoms with Gasteiger partial charge in [-0.3, -0.25) is 11.1 Å². The van der Waals surface area contributed by atoms with E-state index in [1.165, 1.54) is 48.3 Å². The van der Waals surface area contributed by atoms with Gasteiger partial charge in [-0.25, -0.2) is 12.0 Å². The second-order valence-electron chi connectivity index (χ2n) is 13.2. The maximum absolute atomic E-state index is 8.82. The first-order valence-electron chi connectivity index (χ1n) is 18.2. The molecule has 229 valence electrons. The molecule has 0 amide bonds. The summed E-state index contributed by atoms with van der Waals surface area (Å²) < 4.78 is 47.3. The molecule has 0 saturated carbocycles. The molecule has 5 aliphatic heterocycles. The van der Waals surface area contributed by atoms with E-state index in [1.807, 2.05) is 20.8 Å². The maximum atomic E-state index is 8.82. The number of rotatable bonds is 3. The van der Waals surface area contributed by atoms with Crippen molar-refractivity contribution < 1.29 is 31.7 Å². The molecule has 0 spiro atoms.